The van der Waals surface area contributed by atoms with Gasteiger partial charge in [0.25, 0.3) is 5.91 Å². The second-order valence-electron chi connectivity index (χ2n) is 4.55. The molecule has 1 amide bonds. The molecule has 0 saturated carbocycles. The molecule has 3 aromatic rings. The topological polar surface area (TPSA) is 72.7 Å². The van der Waals surface area contributed by atoms with Crippen LogP contribution in [0.25, 0.3) is 0 Å². The quantitative estimate of drug-likeness (QED) is 0.802. The van der Waals surface area contributed by atoms with Crippen molar-refractivity contribution >= 4 is 23.2 Å². The minimum absolute atomic E-state index is 0.205. The molecule has 3 rings (SSSR count). The largest absolute Gasteiger partial charge is 0.289 e. The van der Waals surface area contributed by atoms with Crippen molar-refractivity contribution in [2.45, 2.75) is 13.5 Å². The second kappa shape index (κ2) is 5.84. The molecule has 7 heteroatoms. The van der Waals surface area contributed by atoms with Crippen LogP contribution in [0.3, 0.4) is 0 Å². The SMILES string of the molecule is Cc1cc(C(=O)Nc2nnnn2Cc2ccccc2)cs1. The molecule has 0 radical (unpaired) electrons. The summed E-state index contributed by atoms with van der Waals surface area (Å²) >= 11 is 1.53. The molecule has 0 bridgehead atoms. The summed E-state index contributed by atoms with van der Waals surface area (Å²) in [7, 11) is 0. The molecule has 0 saturated heterocycles. The molecule has 21 heavy (non-hydrogen) atoms. The lowest BCUT2D eigenvalue weighted by atomic mass is 10.2. The van der Waals surface area contributed by atoms with Gasteiger partial charge < -0.3 is 0 Å². The Balaban J connectivity index is 1.75. The number of hydrogen-bond acceptors (Lipinski definition) is 5. The van der Waals surface area contributed by atoms with E-state index in [1.165, 1.54) is 11.3 Å². The van der Waals surface area contributed by atoms with Gasteiger partial charge in [-0.1, -0.05) is 35.4 Å². The molecule has 0 spiro atoms. The summed E-state index contributed by atoms with van der Waals surface area (Å²) in [6, 6.07) is 11.7. The maximum Gasteiger partial charge on any atom is 0.258 e. The van der Waals surface area contributed by atoms with Crippen LogP contribution in [-0.2, 0) is 6.54 Å². The molecule has 1 aromatic carbocycles. The Morgan fingerprint density at radius 3 is 2.86 bits per heavy atom. The Morgan fingerprint density at radius 2 is 2.14 bits per heavy atom. The molecule has 1 N–H and O–H groups in total. The van der Waals surface area contributed by atoms with Crippen LogP contribution in [0.15, 0.2) is 41.8 Å². The first-order chi connectivity index (χ1) is 10.2. The minimum Gasteiger partial charge on any atom is -0.289 e. The maximum atomic E-state index is 12.1. The molecular formula is C14H13N5OS. The van der Waals surface area contributed by atoms with E-state index >= 15 is 0 Å². The molecule has 0 atom stereocenters. The van der Waals surface area contributed by atoms with Crippen molar-refractivity contribution in [3.05, 3.63) is 57.8 Å². The molecule has 0 fully saturated rings. The number of thiophene rings is 1. The van der Waals surface area contributed by atoms with E-state index in [0.29, 0.717) is 18.1 Å². The smallest absolute Gasteiger partial charge is 0.258 e. The standard InChI is InChI=1S/C14H13N5OS/c1-10-7-12(9-21-10)13(20)15-14-16-17-18-19(14)8-11-5-3-2-4-6-11/h2-7,9H,8H2,1H3,(H,15,16,18,20). The number of benzene rings is 1. The van der Waals surface area contributed by atoms with E-state index in [9.17, 15) is 4.79 Å². The van der Waals surface area contributed by atoms with E-state index in [-0.39, 0.29) is 5.91 Å². The third-order valence-corrected chi connectivity index (χ3v) is 3.79. The van der Waals surface area contributed by atoms with Crippen LogP contribution >= 0.6 is 11.3 Å². The van der Waals surface area contributed by atoms with E-state index in [2.05, 4.69) is 20.8 Å². The van der Waals surface area contributed by atoms with Gasteiger partial charge in [-0.3, -0.25) is 10.1 Å². The molecule has 106 valence electrons. The van der Waals surface area contributed by atoms with Gasteiger partial charge in [0.05, 0.1) is 12.1 Å². The number of nitrogens with one attached hydrogen (secondary N) is 1. The van der Waals surface area contributed by atoms with Gasteiger partial charge in [0.15, 0.2) is 0 Å². The van der Waals surface area contributed by atoms with Crippen molar-refractivity contribution in [1.29, 1.82) is 0 Å². The lowest BCUT2D eigenvalue weighted by Gasteiger charge is -2.05. The van der Waals surface area contributed by atoms with Gasteiger partial charge in [0.1, 0.15) is 0 Å². The highest BCUT2D eigenvalue weighted by Crippen LogP contribution is 2.14. The van der Waals surface area contributed by atoms with Crippen LogP contribution in [0, 0.1) is 6.92 Å². The number of nitrogens with zero attached hydrogens (tertiary/aromatic N) is 4. The van der Waals surface area contributed by atoms with Gasteiger partial charge in [-0.25, -0.2) is 4.68 Å². The fraction of sp³-hybridized carbons (Fsp3) is 0.143. The molecule has 2 aromatic heterocycles. The van der Waals surface area contributed by atoms with Crippen LogP contribution in [0.4, 0.5) is 5.95 Å². The first kappa shape index (κ1) is 13.4. The summed E-state index contributed by atoms with van der Waals surface area (Å²) in [5.41, 5.74) is 1.68. The molecule has 6 nitrogen and oxygen atoms in total. The maximum absolute atomic E-state index is 12.1. The summed E-state index contributed by atoms with van der Waals surface area (Å²) < 4.78 is 1.56. The zero-order valence-corrected chi connectivity index (χ0v) is 12.2. The average Bonchev–Trinajstić information content (AvgIpc) is 3.10. The Kier molecular flexibility index (Phi) is 3.74. The summed E-state index contributed by atoms with van der Waals surface area (Å²) in [5.74, 6) is 0.135. The van der Waals surface area contributed by atoms with Crippen molar-refractivity contribution in [2.75, 3.05) is 5.32 Å². The fourth-order valence-electron chi connectivity index (χ4n) is 1.89. The van der Waals surface area contributed by atoms with Gasteiger partial charge in [0.2, 0.25) is 5.95 Å². The van der Waals surface area contributed by atoms with Gasteiger partial charge in [-0.2, -0.15) is 0 Å². The zero-order chi connectivity index (χ0) is 14.7. The number of aromatic nitrogens is 4. The third kappa shape index (κ3) is 3.14. The predicted octanol–water partition coefficient (Wildman–Crippen LogP) is 2.34. The number of aryl methyl sites for hydroxylation is 1. The second-order valence-corrected chi connectivity index (χ2v) is 5.66. The van der Waals surface area contributed by atoms with Crippen molar-refractivity contribution in [2.24, 2.45) is 0 Å². The lowest BCUT2D eigenvalue weighted by molar-refractivity contribution is 0.102. The summed E-state index contributed by atoms with van der Waals surface area (Å²) in [6.45, 7) is 2.47. The molecule has 0 aliphatic heterocycles. The van der Waals surface area contributed by atoms with E-state index in [4.69, 9.17) is 0 Å². The van der Waals surface area contributed by atoms with Crippen LogP contribution in [0.5, 0.6) is 0 Å². The van der Waals surface area contributed by atoms with E-state index in [1.54, 1.807) is 4.68 Å². The minimum atomic E-state index is -0.205. The predicted molar refractivity (Wildman–Crippen MR) is 80.4 cm³/mol. The number of hydrogen-bond donors (Lipinski definition) is 1. The molecular weight excluding hydrogens is 286 g/mol. The zero-order valence-electron chi connectivity index (χ0n) is 11.4. The average molecular weight is 299 g/mol. The van der Waals surface area contributed by atoms with E-state index < -0.39 is 0 Å². The number of carbonyl (C=O) groups is 1. The highest BCUT2D eigenvalue weighted by Gasteiger charge is 2.13. The number of amides is 1. The van der Waals surface area contributed by atoms with Crippen LogP contribution in [-0.4, -0.2) is 26.1 Å². The summed E-state index contributed by atoms with van der Waals surface area (Å²) in [4.78, 5) is 13.2. The van der Waals surface area contributed by atoms with Gasteiger partial charge in [0, 0.05) is 10.3 Å². The van der Waals surface area contributed by atoms with Crippen LogP contribution < -0.4 is 5.32 Å². The molecule has 0 unspecified atom stereocenters. The summed E-state index contributed by atoms with van der Waals surface area (Å²) in [5, 5.41) is 15.9. The number of tetrazole rings is 1. The number of rotatable bonds is 4. The van der Waals surface area contributed by atoms with Crippen LogP contribution in [0.2, 0.25) is 0 Å². The molecule has 0 aliphatic carbocycles. The van der Waals surface area contributed by atoms with Gasteiger partial charge in [-0.15, -0.1) is 11.3 Å². The third-order valence-electron chi connectivity index (χ3n) is 2.93. The van der Waals surface area contributed by atoms with Gasteiger partial charge in [-0.05, 0) is 29.0 Å². The van der Waals surface area contributed by atoms with Crippen molar-refractivity contribution < 1.29 is 4.79 Å². The van der Waals surface area contributed by atoms with Crippen molar-refractivity contribution in [3.63, 3.8) is 0 Å². The summed E-state index contributed by atoms with van der Waals surface area (Å²) in [6.07, 6.45) is 0. The van der Waals surface area contributed by atoms with Crippen LogP contribution in [0.1, 0.15) is 20.8 Å². The highest BCUT2D eigenvalue weighted by molar-refractivity contribution is 7.10. The Labute approximate surface area is 125 Å². The Bertz CT molecular complexity index is 750. The van der Waals surface area contributed by atoms with Gasteiger partial charge >= 0.3 is 0 Å². The molecule has 2 heterocycles. The van der Waals surface area contributed by atoms with E-state index in [1.807, 2.05) is 48.7 Å². The Hall–Kier alpha value is -2.54. The molecule has 0 aliphatic rings. The monoisotopic (exact) mass is 299 g/mol. The first-order valence-electron chi connectivity index (χ1n) is 6.39. The van der Waals surface area contributed by atoms with Crippen molar-refractivity contribution in [3.8, 4) is 0 Å². The lowest BCUT2D eigenvalue weighted by Crippen LogP contribution is -2.16. The normalized spacial score (nSPS) is 10.5. The first-order valence-corrected chi connectivity index (χ1v) is 7.27. The number of carbonyl (C=O) groups excluding carboxylic acids is 1. The van der Waals surface area contributed by atoms with E-state index in [0.717, 1.165) is 10.4 Å². The fourth-order valence-corrected chi connectivity index (χ4v) is 2.58. The number of anilines is 1. The Morgan fingerprint density at radius 1 is 1.33 bits per heavy atom. The van der Waals surface area contributed by atoms with Crippen molar-refractivity contribution in [1.82, 2.24) is 20.2 Å². The highest BCUT2D eigenvalue weighted by atomic mass is 32.1.